The molecule has 0 aliphatic heterocycles. The Morgan fingerprint density at radius 3 is 2.77 bits per heavy atom. The van der Waals surface area contributed by atoms with Crippen LogP contribution in [0.5, 0.6) is 0 Å². The monoisotopic (exact) mass is 425 g/mol. The van der Waals surface area contributed by atoms with Gasteiger partial charge in [0.2, 0.25) is 5.91 Å². The molecule has 30 heavy (non-hydrogen) atoms. The molecule has 0 spiro atoms. The van der Waals surface area contributed by atoms with Crippen LogP contribution < -0.4 is 5.32 Å². The normalized spacial score (nSPS) is 11.3. The lowest BCUT2D eigenvalue weighted by atomic mass is 10.2. The van der Waals surface area contributed by atoms with Crippen molar-refractivity contribution in [3.8, 4) is 0 Å². The fourth-order valence-corrected chi connectivity index (χ4v) is 3.66. The molecule has 0 unspecified atom stereocenters. The third kappa shape index (κ3) is 6.52. The molecule has 2 heterocycles. The standard InChI is InChI=1S/C22H24FN5OS/c1-16(2)14-28-20(26-27-22(28)30-15-18-8-10-24-11-9-18)13-25-21(29)7-6-17-4-3-5-19(23)12-17/h3-12,16H,13-15H2,1-2H3,(H,25,29)/b7-6+. The summed E-state index contributed by atoms with van der Waals surface area (Å²) in [6.07, 6.45) is 6.50. The van der Waals surface area contributed by atoms with Gasteiger partial charge in [0.25, 0.3) is 0 Å². The number of thioether (sulfide) groups is 1. The summed E-state index contributed by atoms with van der Waals surface area (Å²) in [6, 6.07) is 10.0. The molecule has 8 heteroatoms. The minimum atomic E-state index is -0.337. The lowest BCUT2D eigenvalue weighted by molar-refractivity contribution is -0.116. The highest BCUT2D eigenvalue weighted by Crippen LogP contribution is 2.22. The molecule has 6 nitrogen and oxygen atoms in total. The summed E-state index contributed by atoms with van der Waals surface area (Å²) in [4.78, 5) is 16.2. The van der Waals surface area contributed by atoms with Gasteiger partial charge in [0, 0.05) is 30.8 Å². The van der Waals surface area contributed by atoms with Crippen LogP contribution in [0, 0.1) is 11.7 Å². The third-order valence-corrected chi connectivity index (χ3v) is 5.19. The quantitative estimate of drug-likeness (QED) is 0.413. The van der Waals surface area contributed by atoms with Gasteiger partial charge in [-0.25, -0.2) is 4.39 Å². The van der Waals surface area contributed by atoms with E-state index in [0.717, 1.165) is 23.0 Å². The van der Waals surface area contributed by atoms with Crippen molar-refractivity contribution in [1.29, 1.82) is 0 Å². The number of benzene rings is 1. The zero-order valence-electron chi connectivity index (χ0n) is 17.0. The van der Waals surface area contributed by atoms with Crippen molar-refractivity contribution >= 4 is 23.7 Å². The summed E-state index contributed by atoms with van der Waals surface area (Å²) in [7, 11) is 0. The number of halogens is 1. The van der Waals surface area contributed by atoms with Crippen LogP contribution in [0.1, 0.15) is 30.8 Å². The van der Waals surface area contributed by atoms with E-state index < -0.39 is 0 Å². The van der Waals surface area contributed by atoms with Gasteiger partial charge < -0.3 is 9.88 Å². The molecule has 0 radical (unpaired) electrons. The summed E-state index contributed by atoms with van der Waals surface area (Å²) >= 11 is 1.61. The number of hydrogen-bond donors (Lipinski definition) is 1. The Balaban J connectivity index is 1.63. The van der Waals surface area contributed by atoms with Crippen molar-refractivity contribution in [2.45, 2.75) is 37.8 Å². The van der Waals surface area contributed by atoms with Gasteiger partial charge in [0.05, 0.1) is 6.54 Å². The number of carbonyl (C=O) groups is 1. The van der Waals surface area contributed by atoms with E-state index >= 15 is 0 Å². The molecule has 0 aliphatic carbocycles. The molecule has 1 aromatic carbocycles. The maximum absolute atomic E-state index is 13.2. The fourth-order valence-electron chi connectivity index (χ4n) is 2.74. The van der Waals surface area contributed by atoms with Crippen molar-refractivity contribution in [2.24, 2.45) is 5.92 Å². The first kappa shape index (κ1) is 21.7. The fraction of sp³-hybridized carbons (Fsp3) is 0.273. The average Bonchev–Trinajstić information content (AvgIpc) is 3.11. The van der Waals surface area contributed by atoms with Gasteiger partial charge in [0.15, 0.2) is 11.0 Å². The first-order valence-electron chi connectivity index (χ1n) is 9.66. The molecule has 2 aromatic heterocycles. The largest absolute Gasteiger partial charge is 0.345 e. The summed E-state index contributed by atoms with van der Waals surface area (Å²) in [6.45, 7) is 5.28. The summed E-state index contributed by atoms with van der Waals surface area (Å²) < 4.78 is 15.3. The third-order valence-electron chi connectivity index (χ3n) is 4.16. The summed E-state index contributed by atoms with van der Waals surface area (Å²) in [5.74, 6) is 1.26. The number of pyridine rings is 1. The van der Waals surface area contributed by atoms with Crippen LogP contribution in [0.15, 0.2) is 60.0 Å². The number of carbonyl (C=O) groups excluding carboxylic acids is 1. The van der Waals surface area contributed by atoms with Crippen LogP contribution in [-0.2, 0) is 23.6 Å². The molecule has 3 aromatic rings. The molecule has 1 amide bonds. The van der Waals surface area contributed by atoms with E-state index in [1.165, 1.54) is 18.2 Å². The van der Waals surface area contributed by atoms with Gasteiger partial charge in [-0.3, -0.25) is 9.78 Å². The van der Waals surface area contributed by atoms with Gasteiger partial charge in [-0.2, -0.15) is 0 Å². The van der Waals surface area contributed by atoms with Crippen molar-refractivity contribution in [2.75, 3.05) is 0 Å². The van der Waals surface area contributed by atoms with Gasteiger partial charge >= 0.3 is 0 Å². The molecule has 3 rings (SSSR count). The molecule has 0 saturated heterocycles. The molecule has 1 N–H and O–H groups in total. The van der Waals surface area contributed by atoms with Crippen molar-refractivity contribution < 1.29 is 9.18 Å². The van der Waals surface area contributed by atoms with Gasteiger partial charge in [-0.1, -0.05) is 37.7 Å². The number of rotatable bonds is 9. The van der Waals surface area contributed by atoms with Gasteiger partial charge in [-0.05, 0) is 47.4 Å². The predicted octanol–water partition coefficient (Wildman–Crippen LogP) is 4.09. The van der Waals surface area contributed by atoms with Crippen LogP contribution in [0.3, 0.4) is 0 Å². The molecular formula is C22H24FN5OS. The first-order valence-corrected chi connectivity index (χ1v) is 10.6. The zero-order chi connectivity index (χ0) is 21.3. The van der Waals surface area contributed by atoms with Crippen LogP contribution >= 0.6 is 11.8 Å². The highest BCUT2D eigenvalue weighted by atomic mass is 32.2. The maximum atomic E-state index is 13.2. The Morgan fingerprint density at radius 1 is 1.23 bits per heavy atom. The molecule has 0 fully saturated rings. The van der Waals surface area contributed by atoms with E-state index in [1.54, 1.807) is 42.4 Å². The molecule has 0 aliphatic rings. The van der Waals surface area contributed by atoms with Gasteiger partial charge in [-0.15, -0.1) is 10.2 Å². The number of amides is 1. The SMILES string of the molecule is CC(C)Cn1c(CNC(=O)/C=C/c2cccc(F)c2)nnc1SCc1ccncc1. The summed E-state index contributed by atoms with van der Waals surface area (Å²) in [5, 5.41) is 12.2. The lowest BCUT2D eigenvalue weighted by Crippen LogP contribution is -2.23. The highest BCUT2D eigenvalue weighted by molar-refractivity contribution is 7.98. The Bertz CT molecular complexity index is 1000. The molecule has 156 valence electrons. The lowest BCUT2D eigenvalue weighted by Gasteiger charge is -2.12. The smallest absolute Gasteiger partial charge is 0.244 e. The molecular weight excluding hydrogens is 401 g/mol. The predicted molar refractivity (Wildman–Crippen MR) is 116 cm³/mol. The average molecular weight is 426 g/mol. The van der Waals surface area contributed by atoms with E-state index in [4.69, 9.17) is 0 Å². The second-order valence-electron chi connectivity index (χ2n) is 7.15. The second-order valence-corrected chi connectivity index (χ2v) is 8.10. The van der Waals surface area contributed by atoms with Crippen LogP contribution in [0.25, 0.3) is 6.08 Å². The van der Waals surface area contributed by atoms with Crippen molar-refractivity contribution in [1.82, 2.24) is 25.1 Å². The van der Waals surface area contributed by atoms with Crippen molar-refractivity contribution in [3.05, 3.63) is 77.6 Å². The number of nitrogens with zero attached hydrogens (tertiary/aromatic N) is 4. The second kappa shape index (κ2) is 10.7. The zero-order valence-corrected chi connectivity index (χ0v) is 17.8. The Kier molecular flexibility index (Phi) is 7.73. The van der Waals surface area contributed by atoms with E-state index in [1.807, 2.05) is 16.7 Å². The topological polar surface area (TPSA) is 72.7 Å². The number of hydrogen-bond acceptors (Lipinski definition) is 5. The number of aromatic nitrogens is 4. The van der Waals surface area contributed by atoms with E-state index in [2.05, 4.69) is 34.3 Å². The van der Waals surface area contributed by atoms with E-state index in [9.17, 15) is 9.18 Å². The van der Waals surface area contributed by atoms with E-state index in [0.29, 0.717) is 17.3 Å². The van der Waals surface area contributed by atoms with E-state index in [-0.39, 0.29) is 18.3 Å². The number of nitrogens with one attached hydrogen (secondary N) is 1. The Labute approximate surface area is 179 Å². The Hall–Kier alpha value is -3.00. The van der Waals surface area contributed by atoms with Crippen LogP contribution in [-0.4, -0.2) is 25.7 Å². The van der Waals surface area contributed by atoms with Gasteiger partial charge in [0.1, 0.15) is 5.82 Å². The van der Waals surface area contributed by atoms with Crippen LogP contribution in [0.2, 0.25) is 0 Å². The summed E-state index contributed by atoms with van der Waals surface area (Å²) in [5.41, 5.74) is 1.79. The highest BCUT2D eigenvalue weighted by Gasteiger charge is 2.14. The maximum Gasteiger partial charge on any atom is 0.244 e. The Morgan fingerprint density at radius 2 is 2.03 bits per heavy atom. The van der Waals surface area contributed by atoms with Crippen molar-refractivity contribution in [3.63, 3.8) is 0 Å². The minimum absolute atomic E-state index is 0.266. The minimum Gasteiger partial charge on any atom is -0.345 e. The molecule has 0 bridgehead atoms. The first-order chi connectivity index (χ1) is 14.5. The molecule has 0 saturated carbocycles. The van der Waals surface area contributed by atoms with Crippen LogP contribution in [0.4, 0.5) is 4.39 Å². The molecule has 0 atom stereocenters.